The molecule has 0 unspecified atom stereocenters. The van der Waals surface area contributed by atoms with Gasteiger partial charge < -0.3 is 4.74 Å². The zero-order chi connectivity index (χ0) is 19.6. The van der Waals surface area contributed by atoms with Gasteiger partial charge in [-0.05, 0) is 43.3 Å². The molecule has 0 bridgehead atoms. The third-order valence-corrected chi connectivity index (χ3v) is 4.66. The van der Waals surface area contributed by atoms with Crippen molar-refractivity contribution in [3.05, 3.63) is 68.8 Å². The Kier molecular flexibility index (Phi) is 5.13. The molecular weight excluding hydrogens is 373 g/mol. The van der Waals surface area contributed by atoms with Crippen molar-refractivity contribution in [2.75, 3.05) is 12.4 Å². The van der Waals surface area contributed by atoms with E-state index in [9.17, 15) is 19.3 Å². The van der Waals surface area contributed by atoms with Crippen LogP contribution >= 0.6 is 11.3 Å². The maximum Gasteiger partial charge on any atom is 0.311 e. The lowest BCUT2D eigenvalue weighted by atomic mass is 10.1. The highest BCUT2D eigenvalue weighted by molar-refractivity contribution is 7.16. The molecule has 3 aromatic rings. The number of nitro groups is 1. The molecule has 0 saturated carbocycles. The minimum Gasteiger partial charge on any atom is -0.490 e. The standard InChI is InChI=1S/C18H14FN3O4S/c1-10-16(11-3-6-13(19)7-4-11)20-18(27-10)21-17(23)12-5-8-15(26-2)14(9-12)22(24)25/h3-9H,1-2H3,(H,20,21,23). The van der Waals surface area contributed by atoms with Gasteiger partial charge in [0.25, 0.3) is 5.91 Å². The second-order valence-electron chi connectivity index (χ2n) is 5.53. The van der Waals surface area contributed by atoms with Crippen molar-refractivity contribution in [2.45, 2.75) is 6.92 Å². The number of aryl methyl sites for hydroxylation is 1. The highest BCUT2D eigenvalue weighted by Crippen LogP contribution is 2.31. The summed E-state index contributed by atoms with van der Waals surface area (Å²) in [5, 5.41) is 14.1. The molecule has 0 radical (unpaired) electrons. The summed E-state index contributed by atoms with van der Waals surface area (Å²) < 4.78 is 18.0. The van der Waals surface area contributed by atoms with Crippen LogP contribution in [0.5, 0.6) is 5.75 Å². The van der Waals surface area contributed by atoms with Crippen LogP contribution in [0.3, 0.4) is 0 Å². The van der Waals surface area contributed by atoms with Gasteiger partial charge in [-0.25, -0.2) is 9.37 Å². The largest absolute Gasteiger partial charge is 0.490 e. The van der Waals surface area contributed by atoms with Crippen LogP contribution in [-0.2, 0) is 0 Å². The van der Waals surface area contributed by atoms with E-state index in [1.54, 1.807) is 12.1 Å². The predicted molar refractivity (Wildman–Crippen MR) is 99.8 cm³/mol. The third-order valence-electron chi connectivity index (χ3n) is 3.77. The number of amides is 1. The molecule has 138 valence electrons. The highest BCUT2D eigenvalue weighted by atomic mass is 32.1. The fourth-order valence-electron chi connectivity index (χ4n) is 2.47. The average molecular weight is 387 g/mol. The van der Waals surface area contributed by atoms with Crippen LogP contribution in [0, 0.1) is 22.9 Å². The Hall–Kier alpha value is -3.33. The minimum absolute atomic E-state index is 0.0697. The second kappa shape index (κ2) is 7.50. The molecule has 27 heavy (non-hydrogen) atoms. The van der Waals surface area contributed by atoms with Crippen molar-refractivity contribution in [1.82, 2.24) is 4.98 Å². The summed E-state index contributed by atoms with van der Waals surface area (Å²) in [5.74, 6) is -0.804. The Labute approximate surface area is 157 Å². The number of carbonyl (C=O) groups excluding carboxylic acids is 1. The lowest BCUT2D eigenvalue weighted by Crippen LogP contribution is -2.12. The van der Waals surface area contributed by atoms with Crippen molar-refractivity contribution >= 4 is 28.1 Å². The number of rotatable bonds is 5. The van der Waals surface area contributed by atoms with E-state index in [-0.39, 0.29) is 22.8 Å². The number of carbonyl (C=O) groups is 1. The lowest BCUT2D eigenvalue weighted by molar-refractivity contribution is -0.385. The fourth-order valence-corrected chi connectivity index (χ4v) is 3.30. The van der Waals surface area contributed by atoms with Gasteiger partial charge >= 0.3 is 5.69 Å². The number of hydrogen-bond acceptors (Lipinski definition) is 6. The molecule has 0 aliphatic carbocycles. The average Bonchev–Trinajstić information content (AvgIpc) is 3.01. The van der Waals surface area contributed by atoms with Gasteiger partial charge in [-0.3, -0.25) is 20.2 Å². The highest BCUT2D eigenvalue weighted by Gasteiger charge is 2.19. The number of nitro benzene ring substituents is 1. The maximum absolute atomic E-state index is 13.1. The van der Waals surface area contributed by atoms with E-state index in [1.807, 2.05) is 6.92 Å². The van der Waals surface area contributed by atoms with Gasteiger partial charge in [0, 0.05) is 22.1 Å². The van der Waals surface area contributed by atoms with Crippen LogP contribution < -0.4 is 10.1 Å². The number of halogens is 1. The van der Waals surface area contributed by atoms with Crippen LogP contribution in [0.15, 0.2) is 42.5 Å². The smallest absolute Gasteiger partial charge is 0.311 e. The molecule has 0 spiro atoms. The number of thiazole rings is 1. The van der Waals surface area contributed by atoms with E-state index in [4.69, 9.17) is 4.74 Å². The number of aromatic nitrogens is 1. The lowest BCUT2D eigenvalue weighted by Gasteiger charge is -2.05. The first-order valence-corrected chi connectivity index (χ1v) is 8.58. The Morgan fingerprint density at radius 1 is 1.26 bits per heavy atom. The molecule has 0 saturated heterocycles. The quantitative estimate of drug-likeness (QED) is 0.516. The molecule has 7 nitrogen and oxygen atoms in total. The summed E-state index contributed by atoms with van der Waals surface area (Å²) in [6.07, 6.45) is 0. The molecule has 1 N–H and O–H groups in total. The molecule has 0 atom stereocenters. The summed E-state index contributed by atoms with van der Waals surface area (Å²) in [6, 6.07) is 9.83. The summed E-state index contributed by atoms with van der Waals surface area (Å²) >= 11 is 1.26. The first-order valence-electron chi connectivity index (χ1n) is 7.76. The minimum atomic E-state index is -0.615. The van der Waals surface area contributed by atoms with Crippen LogP contribution in [0.1, 0.15) is 15.2 Å². The van der Waals surface area contributed by atoms with Gasteiger partial charge in [-0.2, -0.15) is 0 Å². The van der Waals surface area contributed by atoms with Gasteiger partial charge in [-0.15, -0.1) is 11.3 Å². The van der Waals surface area contributed by atoms with Gasteiger partial charge in [0.15, 0.2) is 10.9 Å². The van der Waals surface area contributed by atoms with Gasteiger partial charge in [0.05, 0.1) is 17.7 Å². The zero-order valence-electron chi connectivity index (χ0n) is 14.4. The normalized spacial score (nSPS) is 10.5. The molecule has 3 rings (SSSR count). The van der Waals surface area contributed by atoms with E-state index in [1.165, 1.54) is 42.7 Å². The Morgan fingerprint density at radius 3 is 2.59 bits per heavy atom. The molecule has 0 aliphatic heterocycles. The fraction of sp³-hybridized carbons (Fsp3) is 0.111. The molecule has 1 heterocycles. The molecular formula is C18H14FN3O4S. The Bertz CT molecular complexity index is 1020. The molecule has 0 fully saturated rings. The molecule has 9 heteroatoms. The van der Waals surface area contributed by atoms with Crippen LogP contribution in [0.4, 0.5) is 15.2 Å². The maximum atomic E-state index is 13.1. The second-order valence-corrected chi connectivity index (χ2v) is 6.73. The van der Waals surface area contributed by atoms with E-state index in [0.29, 0.717) is 10.8 Å². The number of hydrogen-bond donors (Lipinski definition) is 1. The van der Waals surface area contributed by atoms with Crippen molar-refractivity contribution < 1.29 is 18.8 Å². The molecule has 1 amide bonds. The summed E-state index contributed by atoms with van der Waals surface area (Å²) in [4.78, 5) is 28.1. The number of methoxy groups -OCH3 is 1. The van der Waals surface area contributed by atoms with Crippen LogP contribution in [0.25, 0.3) is 11.3 Å². The predicted octanol–water partition coefficient (Wildman–Crippen LogP) is 4.43. The van der Waals surface area contributed by atoms with Gasteiger partial charge in [0.2, 0.25) is 0 Å². The van der Waals surface area contributed by atoms with Crippen LogP contribution in [-0.4, -0.2) is 22.9 Å². The zero-order valence-corrected chi connectivity index (χ0v) is 15.2. The van der Waals surface area contributed by atoms with Gasteiger partial charge in [0.1, 0.15) is 5.82 Å². The third kappa shape index (κ3) is 3.93. The van der Waals surface area contributed by atoms with E-state index in [2.05, 4.69) is 10.3 Å². The SMILES string of the molecule is COc1ccc(C(=O)Nc2nc(-c3ccc(F)cc3)c(C)s2)cc1[N+](=O)[O-]. The number of ether oxygens (including phenoxy) is 1. The topological polar surface area (TPSA) is 94.4 Å². The number of benzene rings is 2. The molecule has 2 aromatic carbocycles. The Balaban J connectivity index is 1.85. The first-order chi connectivity index (χ1) is 12.9. The summed E-state index contributed by atoms with van der Waals surface area (Å²) in [6.45, 7) is 1.84. The number of anilines is 1. The van der Waals surface area contributed by atoms with E-state index >= 15 is 0 Å². The van der Waals surface area contributed by atoms with Crippen molar-refractivity contribution in [2.24, 2.45) is 0 Å². The first kappa shape index (κ1) is 18.5. The molecule has 1 aromatic heterocycles. The summed E-state index contributed by atoms with van der Waals surface area (Å²) in [7, 11) is 1.32. The van der Waals surface area contributed by atoms with Gasteiger partial charge in [-0.1, -0.05) is 0 Å². The van der Waals surface area contributed by atoms with Crippen molar-refractivity contribution in [1.29, 1.82) is 0 Å². The number of nitrogens with one attached hydrogen (secondary N) is 1. The van der Waals surface area contributed by atoms with Crippen molar-refractivity contribution in [3.63, 3.8) is 0 Å². The van der Waals surface area contributed by atoms with Crippen molar-refractivity contribution in [3.8, 4) is 17.0 Å². The van der Waals surface area contributed by atoms with E-state index < -0.39 is 10.8 Å². The monoisotopic (exact) mass is 387 g/mol. The number of nitrogens with zero attached hydrogens (tertiary/aromatic N) is 2. The van der Waals surface area contributed by atoms with E-state index in [0.717, 1.165) is 16.5 Å². The van der Waals surface area contributed by atoms with Crippen LogP contribution in [0.2, 0.25) is 0 Å². The Morgan fingerprint density at radius 2 is 1.96 bits per heavy atom. The summed E-state index contributed by atoms with van der Waals surface area (Å²) in [5.41, 5.74) is 1.17. The molecule has 0 aliphatic rings.